The van der Waals surface area contributed by atoms with Crippen LogP contribution < -0.4 is 0 Å². The highest BCUT2D eigenvalue weighted by molar-refractivity contribution is 5.62. The minimum absolute atomic E-state index is 0.876. The smallest absolute Gasteiger partial charge is 0.0886 e. The third-order valence-corrected chi connectivity index (χ3v) is 3.14. The van der Waals surface area contributed by atoms with Gasteiger partial charge in [-0.1, -0.05) is 12.1 Å². The van der Waals surface area contributed by atoms with E-state index >= 15 is 0 Å². The van der Waals surface area contributed by atoms with Crippen molar-refractivity contribution in [1.82, 2.24) is 15.0 Å². The normalized spacial score (nSPS) is 10.5. The van der Waals surface area contributed by atoms with Crippen molar-refractivity contribution in [2.75, 3.05) is 0 Å². The molecule has 0 atom stereocenters. The van der Waals surface area contributed by atoms with E-state index in [0.717, 1.165) is 33.8 Å². The predicted molar refractivity (Wildman–Crippen MR) is 80.2 cm³/mol. The molecule has 0 aromatic carbocycles. The first kappa shape index (κ1) is 12.5. The van der Waals surface area contributed by atoms with Crippen LogP contribution in [0.15, 0.2) is 55.0 Å². The van der Waals surface area contributed by atoms with E-state index in [1.165, 1.54) is 0 Å². The van der Waals surface area contributed by atoms with Gasteiger partial charge >= 0.3 is 0 Å². The van der Waals surface area contributed by atoms with Crippen LogP contribution in [0.4, 0.5) is 0 Å². The molecule has 0 saturated carbocycles. The topological polar surface area (TPSA) is 38.7 Å². The highest BCUT2D eigenvalue weighted by Crippen LogP contribution is 2.20. The summed E-state index contributed by atoms with van der Waals surface area (Å²) in [6.45, 7) is 4.05. The summed E-state index contributed by atoms with van der Waals surface area (Å²) in [5, 5.41) is 0. The summed E-state index contributed by atoms with van der Waals surface area (Å²) in [6.07, 6.45) is 5.56. The zero-order chi connectivity index (χ0) is 13.9. The van der Waals surface area contributed by atoms with Gasteiger partial charge in [-0.05, 0) is 49.2 Å². The third-order valence-electron chi connectivity index (χ3n) is 3.14. The Morgan fingerprint density at radius 1 is 0.550 bits per heavy atom. The van der Waals surface area contributed by atoms with Crippen molar-refractivity contribution in [1.29, 1.82) is 0 Å². The van der Waals surface area contributed by atoms with Gasteiger partial charge in [0.1, 0.15) is 0 Å². The van der Waals surface area contributed by atoms with E-state index in [-0.39, 0.29) is 0 Å². The van der Waals surface area contributed by atoms with Crippen LogP contribution >= 0.6 is 0 Å². The average Bonchev–Trinajstić information content (AvgIpc) is 2.49. The van der Waals surface area contributed by atoms with Gasteiger partial charge in [-0.25, -0.2) is 0 Å². The minimum atomic E-state index is 0.876. The Kier molecular flexibility index (Phi) is 3.25. The Balaban J connectivity index is 1.91. The number of rotatable bonds is 2. The van der Waals surface area contributed by atoms with Crippen molar-refractivity contribution in [2.45, 2.75) is 13.8 Å². The van der Waals surface area contributed by atoms with Crippen LogP contribution in [0, 0.1) is 13.8 Å². The molecule has 0 fully saturated rings. The largest absolute Gasteiger partial charge is 0.256 e. The Labute approximate surface area is 118 Å². The monoisotopic (exact) mass is 261 g/mol. The Bertz CT molecular complexity index is 634. The third kappa shape index (κ3) is 2.57. The molecule has 0 unspecified atom stereocenters. The number of nitrogens with zero attached hydrogens (tertiary/aromatic N) is 3. The second-order valence-electron chi connectivity index (χ2n) is 4.87. The Morgan fingerprint density at radius 3 is 1.50 bits per heavy atom. The Hall–Kier alpha value is -2.55. The second kappa shape index (κ2) is 5.21. The minimum Gasteiger partial charge on any atom is -0.256 e. The molecule has 0 amide bonds. The molecule has 0 radical (unpaired) electrons. The first-order valence-corrected chi connectivity index (χ1v) is 6.54. The summed E-state index contributed by atoms with van der Waals surface area (Å²) in [6, 6.07) is 12.1. The lowest BCUT2D eigenvalue weighted by atomic mass is 10.1. The molecule has 0 bridgehead atoms. The van der Waals surface area contributed by atoms with Crippen molar-refractivity contribution in [3.63, 3.8) is 0 Å². The van der Waals surface area contributed by atoms with Crippen LogP contribution in [0.2, 0.25) is 0 Å². The molecular weight excluding hydrogens is 246 g/mol. The number of hydrogen-bond donors (Lipinski definition) is 0. The molecule has 0 saturated heterocycles. The fourth-order valence-electron chi connectivity index (χ4n) is 1.95. The van der Waals surface area contributed by atoms with Gasteiger partial charge in [0.15, 0.2) is 0 Å². The van der Waals surface area contributed by atoms with Gasteiger partial charge in [-0.15, -0.1) is 0 Å². The summed E-state index contributed by atoms with van der Waals surface area (Å²) < 4.78 is 0. The maximum atomic E-state index is 4.47. The van der Waals surface area contributed by atoms with Crippen molar-refractivity contribution < 1.29 is 0 Å². The summed E-state index contributed by atoms with van der Waals surface area (Å²) in [7, 11) is 0. The first-order chi connectivity index (χ1) is 9.72. The van der Waals surface area contributed by atoms with E-state index in [4.69, 9.17) is 0 Å². The highest BCUT2D eigenvalue weighted by Gasteiger charge is 2.03. The zero-order valence-electron chi connectivity index (χ0n) is 11.5. The van der Waals surface area contributed by atoms with Crippen LogP contribution in [0.25, 0.3) is 22.6 Å². The van der Waals surface area contributed by atoms with Crippen LogP contribution in [0.1, 0.15) is 11.1 Å². The highest BCUT2D eigenvalue weighted by atomic mass is 14.8. The zero-order valence-corrected chi connectivity index (χ0v) is 11.5. The number of hydrogen-bond acceptors (Lipinski definition) is 3. The summed E-state index contributed by atoms with van der Waals surface area (Å²) in [5.74, 6) is 0. The molecular formula is C17H15N3. The molecule has 0 aliphatic heterocycles. The molecule has 98 valence electrons. The molecule has 3 aromatic rings. The molecule has 3 heterocycles. The van der Waals surface area contributed by atoms with Gasteiger partial charge in [0.05, 0.1) is 17.1 Å². The van der Waals surface area contributed by atoms with Gasteiger partial charge in [-0.2, -0.15) is 0 Å². The standard InChI is InChI=1S/C17H15N3/c1-12-3-6-15(18-9-12)14-5-8-17(20-11-14)16-7-4-13(2)10-19-16/h3-11H,1-2H3. The number of pyridine rings is 3. The molecule has 3 aromatic heterocycles. The van der Waals surface area contributed by atoms with Crippen molar-refractivity contribution in [3.05, 3.63) is 66.1 Å². The van der Waals surface area contributed by atoms with E-state index < -0.39 is 0 Å². The lowest BCUT2D eigenvalue weighted by Gasteiger charge is -2.03. The van der Waals surface area contributed by atoms with Crippen molar-refractivity contribution in [3.8, 4) is 22.6 Å². The molecule has 0 aliphatic rings. The molecule has 3 rings (SSSR count). The van der Waals surface area contributed by atoms with Crippen LogP contribution in [-0.2, 0) is 0 Å². The second-order valence-corrected chi connectivity index (χ2v) is 4.87. The van der Waals surface area contributed by atoms with Gasteiger partial charge in [0.2, 0.25) is 0 Å². The molecule has 0 N–H and O–H groups in total. The maximum Gasteiger partial charge on any atom is 0.0886 e. The van der Waals surface area contributed by atoms with Crippen LogP contribution in [-0.4, -0.2) is 15.0 Å². The van der Waals surface area contributed by atoms with Gasteiger partial charge in [-0.3, -0.25) is 15.0 Å². The van der Waals surface area contributed by atoms with Crippen molar-refractivity contribution >= 4 is 0 Å². The SMILES string of the molecule is Cc1ccc(-c2ccc(-c3ccc(C)cn3)nc2)nc1. The fourth-order valence-corrected chi connectivity index (χ4v) is 1.95. The lowest BCUT2D eigenvalue weighted by Crippen LogP contribution is -1.89. The number of aromatic nitrogens is 3. The van der Waals surface area contributed by atoms with E-state index in [1.807, 2.05) is 62.8 Å². The van der Waals surface area contributed by atoms with Gasteiger partial charge in [0, 0.05) is 24.2 Å². The fraction of sp³-hybridized carbons (Fsp3) is 0.118. The quantitative estimate of drug-likeness (QED) is 0.704. The summed E-state index contributed by atoms with van der Waals surface area (Å²) in [5.41, 5.74) is 6.02. The average molecular weight is 261 g/mol. The molecule has 0 spiro atoms. The van der Waals surface area contributed by atoms with Gasteiger partial charge < -0.3 is 0 Å². The predicted octanol–water partition coefficient (Wildman–Crippen LogP) is 3.82. The van der Waals surface area contributed by atoms with E-state index in [2.05, 4.69) is 21.0 Å². The van der Waals surface area contributed by atoms with Gasteiger partial charge in [0.25, 0.3) is 0 Å². The van der Waals surface area contributed by atoms with Crippen LogP contribution in [0.3, 0.4) is 0 Å². The number of aryl methyl sites for hydroxylation is 2. The van der Waals surface area contributed by atoms with Crippen molar-refractivity contribution in [2.24, 2.45) is 0 Å². The summed E-state index contributed by atoms with van der Waals surface area (Å²) in [4.78, 5) is 13.3. The summed E-state index contributed by atoms with van der Waals surface area (Å²) >= 11 is 0. The molecule has 3 nitrogen and oxygen atoms in total. The van der Waals surface area contributed by atoms with E-state index in [0.29, 0.717) is 0 Å². The molecule has 3 heteroatoms. The Morgan fingerprint density at radius 2 is 1.05 bits per heavy atom. The van der Waals surface area contributed by atoms with E-state index in [1.54, 1.807) is 0 Å². The molecule has 0 aliphatic carbocycles. The van der Waals surface area contributed by atoms with Crippen LogP contribution in [0.5, 0.6) is 0 Å². The molecule has 20 heavy (non-hydrogen) atoms. The maximum absolute atomic E-state index is 4.47. The first-order valence-electron chi connectivity index (χ1n) is 6.54. The van der Waals surface area contributed by atoms with E-state index in [9.17, 15) is 0 Å². The lowest BCUT2D eigenvalue weighted by molar-refractivity contribution is 1.21.